The summed E-state index contributed by atoms with van der Waals surface area (Å²) in [6, 6.07) is 0. The van der Waals surface area contributed by atoms with Crippen molar-refractivity contribution >= 4 is 36.1 Å². The highest BCUT2D eigenvalue weighted by Gasteiger charge is 2.68. The van der Waals surface area contributed by atoms with Crippen molar-refractivity contribution in [1.29, 1.82) is 0 Å². The molecule has 126 valence electrons. The molecule has 11 heteroatoms. The maximum atomic E-state index is 12.5. The smallest absolute Gasteiger partial charge is 0.404 e. The van der Waals surface area contributed by atoms with Gasteiger partial charge in [0.05, 0.1) is 0 Å². The van der Waals surface area contributed by atoms with Crippen LogP contribution < -0.4 is 5.73 Å². The Hall–Kier alpha value is -2.27. The van der Waals surface area contributed by atoms with Gasteiger partial charge in [-0.25, -0.2) is 9.59 Å². The molecule has 2 atom stereocenters. The Balaban J connectivity index is 2.38. The molecule has 1 fully saturated rings. The molecule has 0 spiro atoms. The zero-order valence-electron chi connectivity index (χ0n) is 12.3. The molecule has 0 saturated carbocycles. The van der Waals surface area contributed by atoms with E-state index in [0.717, 1.165) is 9.80 Å². The van der Waals surface area contributed by atoms with E-state index in [0.29, 0.717) is 6.41 Å². The first-order chi connectivity index (χ1) is 10.8. The second-order valence-electron chi connectivity index (χ2n) is 4.82. The van der Waals surface area contributed by atoms with Crippen LogP contribution in [0.2, 0.25) is 0 Å². The number of carbonyl (C=O) groups is 4. The van der Waals surface area contributed by atoms with Gasteiger partial charge in [0, 0.05) is 25.5 Å². The topological polar surface area (TPSA) is 139 Å². The molecule has 0 aromatic rings. The third kappa shape index (κ3) is 2.41. The number of carboxylic acids is 1. The van der Waals surface area contributed by atoms with E-state index in [-0.39, 0.29) is 23.6 Å². The first-order valence-corrected chi connectivity index (χ1v) is 7.42. The summed E-state index contributed by atoms with van der Waals surface area (Å²) in [4.78, 5) is 47.9. The summed E-state index contributed by atoms with van der Waals surface area (Å²) in [6.45, 7) is -0.329. The largest absolute Gasteiger partial charge is 0.477 e. The number of β-lactam (4-membered cyclic amide) rings is 1. The van der Waals surface area contributed by atoms with Crippen molar-refractivity contribution in [3.63, 3.8) is 0 Å². The summed E-state index contributed by atoms with van der Waals surface area (Å²) in [5, 5.41) is 8.69. The van der Waals surface area contributed by atoms with Crippen LogP contribution in [-0.2, 0) is 23.9 Å². The van der Waals surface area contributed by atoms with Crippen molar-refractivity contribution in [2.75, 3.05) is 26.5 Å². The average molecular weight is 345 g/mol. The molecular weight excluding hydrogens is 330 g/mol. The van der Waals surface area contributed by atoms with Crippen LogP contribution in [0.25, 0.3) is 0 Å². The fourth-order valence-corrected chi connectivity index (χ4v) is 4.09. The van der Waals surface area contributed by atoms with E-state index in [2.05, 4.69) is 4.74 Å². The molecule has 0 unspecified atom stereocenters. The van der Waals surface area contributed by atoms with Crippen molar-refractivity contribution in [2.24, 2.45) is 5.73 Å². The van der Waals surface area contributed by atoms with Crippen LogP contribution in [0.15, 0.2) is 11.3 Å². The lowest BCUT2D eigenvalue weighted by molar-refractivity contribution is -0.215. The van der Waals surface area contributed by atoms with Gasteiger partial charge in [0.25, 0.3) is 11.6 Å². The molecule has 2 rings (SSSR count). The highest BCUT2D eigenvalue weighted by atomic mass is 32.2. The van der Waals surface area contributed by atoms with Crippen molar-refractivity contribution in [1.82, 2.24) is 9.80 Å². The monoisotopic (exact) mass is 345 g/mol. The second kappa shape index (κ2) is 6.08. The molecule has 0 aromatic heterocycles. The van der Waals surface area contributed by atoms with Crippen LogP contribution in [0.5, 0.6) is 0 Å². The van der Waals surface area contributed by atoms with Gasteiger partial charge < -0.3 is 25.2 Å². The van der Waals surface area contributed by atoms with Gasteiger partial charge in [-0.05, 0) is 0 Å². The molecule has 0 aromatic carbocycles. The third-order valence-corrected chi connectivity index (χ3v) is 5.03. The summed E-state index contributed by atoms with van der Waals surface area (Å²) in [6.07, 6.45) is -0.606. The Bertz CT molecular complexity index is 607. The maximum absolute atomic E-state index is 12.5. The van der Waals surface area contributed by atoms with E-state index in [1.54, 1.807) is 0 Å². The van der Waals surface area contributed by atoms with Crippen molar-refractivity contribution < 1.29 is 33.8 Å². The number of methoxy groups -OCH3 is 1. The number of hydrogen-bond donors (Lipinski definition) is 2. The number of thioether (sulfide) groups is 1. The average Bonchev–Trinajstić information content (AvgIpc) is 2.52. The molecule has 3 N–H and O–H groups in total. The lowest BCUT2D eigenvalue weighted by Crippen LogP contribution is -2.79. The summed E-state index contributed by atoms with van der Waals surface area (Å²) in [5.74, 6) is -1.84. The zero-order valence-corrected chi connectivity index (χ0v) is 13.2. The Morgan fingerprint density at radius 2 is 2.26 bits per heavy atom. The maximum Gasteiger partial charge on any atom is 0.404 e. The highest BCUT2D eigenvalue weighted by Crippen LogP contribution is 2.48. The predicted octanol–water partition coefficient (Wildman–Crippen LogP) is -1.23. The van der Waals surface area contributed by atoms with Crippen molar-refractivity contribution in [2.45, 2.75) is 11.1 Å². The Kier molecular flexibility index (Phi) is 4.52. The minimum atomic E-state index is -1.55. The van der Waals surface area contributed by atoms with E-state index < -0.39 is 29.1 Å². The van der Waals surface area contributed by atoms with E-state index in [1.165, 1.54) is 25.9 Å². The number of likely N-dealkylation sites (N-methyl/N-ethyl adjacent to an activating group) is 1. The van der Waals surface area contributed by atoms with Gasteiger partial charge in [0.2, 0.25) is 6.41 Å². The van der Waals surface area contributed by atoms with E-state index in [4.69, 9.17) is 10.5 Å². The Labute approximate surface area is 135 Å². The third-order valence-electron chi connectivity index (χ3n) is 3.67. The van der Waals surface area contributed by atoms with Gasteiger partial charge in [-0.1, -0.05) is 0 Å². The van der Waals surface area contributed by atoms with Crippen molar-refractivity contribution in [3.05, 3.63) is 11.3 Å². The Morgan fingerprint density at radius 1 is 1.61 bits per heavy atom. The number of hydrogen-bond acceptors (Lipinski definition) is 7. The zero-order chi connectivity index (χ0) is 17.4. The molecular formula is C12H15N3O7S. The molecule has 1 saturated heterocycles. The number of ether oxygens (including phenoxy) is 2. The van der Waals surface area contributed by atoms with Gasteiger partial charge in [-0.15, -0.1) is 11.8 Å². The molecule has 2 aliphatic heterocycles. The predicted molar refractivity (Wildman–Crippen MR) is 76.9 cm³/mol. The molecule has 2 heterocycles. The number of nitrogens with zero attached hydrogens (tertiary/aromatic N) is 2. The molecule has 0 radical (unpaired) electrons. The summed E-state index contributed by atoms with van der Waals surface area (Å²) in [7, 11) is 2.65. The van der Waals surface area contributed by atoms with E-state index in [1.807, 2.05) is 0 Å². The normalized spacial score (nSPS) is 26.3. The SMILES string of the molecule is CO[C@@]1(N(C)C=O)C(=O)N2C(C(=O)O)=C(COC(N)=O)CS[C@@H]21. The number of rotatable bonds is 6. The summed E-state index contributed by atoms with van der Waals surface area (Å²) >= 11 is 1.20. The van der Waals surface area contributed by atoms with Crippen LogP contribution >= 0.6 is 11.8 Å². The number of aliphatic carboxylic acids is 1. The lowest BCUT2D eigenvalue weighted by atomic mass is 9.97. The second-order valence-corrected chi connectivity index (χ2v) is 5.89. The number of amides is 3. The minimum Gasteiger partial charge on any atom is -0.477 e. The fourth-order valence-electron chi connectivity index (χ4n) is 2.58. The summed E-state index contributed by atoms with van der Waals surface area (Å²) in [5.41, 5.74) is 3.28. The van der Waals surface area contributed by atoms with Crippen LogP contribution in [-0.4, -0.2) is 76.9 Å². The first kappa shape index (κ1) is 17.1. The number of primary amides is 1. The van der Waals surface area contributed by atoms with Crippen LogP contribution in [0.4, 0.5) is 4.79 Å². The van der Waals surface area contributed by atoms with Crippen LogP contribution in [0.3, 0.4) is 0 Å². The molecule has 2 aliphatic rings. The van der Waals surface area contributed by atoms with Gasteiger partial charge in [0.1, 0.15) is 17.7 Å². The van der Waals surface area contributed by atoms with E-state index >= 15 is 0 Å². The van der Waals surface area contributed by atoms with Gasteiger partial charge >= 0.3 is 12.1 Å². The van der Waals surface area contributed by atoms with Gasteiger partial charge in [0.15, 0.2) is 0 Å². The number of carbonyl (C=O) groups excluding carboxylic acids is 3. The first-order valence-electron chi connectivity index (χ1n) is 6.37. The van der Waals surface area contributed by atoms with Gasteiger partial charge in [-0.2, -0.15) is 0 Å². The quantitative estimate of drug-likeness (QED) is 0.346. The van der Waals surface area contributed by atoms with Crippen molar-refractivity contribution in [3.8, 4) is 0 Å². The molecule has 23 heavy (non-hydrogen) atoms. The van der Waals surface area contributed by atoms with Crippen LogP contribution in [0, 0.1) is 0 Å². The molecule has 10 nitrogen and oxygen atoms in total. The Morgan fingerprint density at radius 3 is 2.74 bits per heavy atom. The number of carboxylic acid groups (broad SMARTS) is 1. The standard InChI is InChI=1S/C12H15N3O7S/c1-14(5-16)12(21-2)9(19)15-7(8(17)18)6(3-22-11(13)20)4-23-10(12)15/h5,10H,3-4H2,1-2H3,(H2,13,20)(H,17,18)/t10-,12+/m1/s1. The van der Waals surface area contributed by atoms with Gasteiger partial charge in [-0.3, -0.25) is 14.5 Å². The molecule has 0 aliphatic carbocycles. The summed E-state index contributed by atoms with van der Waals surface area (Å²) < 4.78 is 9.85. The highest BCUT2D eigenvalue weighted by molar-refractivity contribution is 8.00. The molecule has 0 bridgehead atoms. The number of nitrogens with two attached hydrogens (primary N) is 1. The van der Waals surface area contributed by atoms with E-state index in [9.17, 15) is 24.3 Å². The lowest BCUT2D eigenvalue weighted by Gasteiger charge is -2.57. The number of fused-ring (bicyclic) bond motifs is 1. The fraction of sp³-hybridized carbons (Fsp3) is 0.500. The van der Waals surface area contributed by atoms with Crippen LogP contribution in [0.1, 0.15) is 0 Å². The molecule has 3 amide bonds. The minimum absolute atomic E-state index is 0.182.